The SMILES string of the molecule is CCc1ccc(C)cc1CNC(=O)C1=C(C(F)F)NN(C)C1(F)C1CC1. The Morgan fingerprint density at radius 2 is 2.08 bits per heavy atom. The number of likely N-dealkylation sites (N-methyl/N-ethyl adjacent to an activating group) is 1. The van der Waals surface area contributed by atoms with Crippen molar-refractivity contribution in [2.75, 3.05) is 7.05 Å². The second-order valence-electron chi connectivity index (χ2n) is 7.02. The van der Waals surface area contributed by atoms with Gasteiger partial charge in [0.25, 0.3) is 12.3 Å². The fourth-order valence-electron chi connectivity index (χ4n) is 3.59. The molecule has 7 heteroatoms. The number of halogens is 3. The van der Waals surface area contributed by atoms with Gasteiger partial charge >= 0.3 is 0 Å². The third kappa shape index (κ3) is 3.20. The van der Waals surface area contributed by atoms with Gasteiger partial charge in [0.05, 0.1) is 5.57 Å². The number of carbonyl (C=O) groups excluding carboxylic acids is 1. The van der Waals surface area contributed by atoms with Crippen molar-refractivity contribution >= 4 is 5.91 Å². The van der Waals surface area contributed by atoms with E-state index in [1.165, 1.54) is 7.05 Å². The van der Waals surface area contributed by atoms with E-state index in [-0.39, 0.29) is 6.54 Å². The summed E-state index contributed by atoms with van der Waals surface area (Å²) in [5.74, 6) is -3.42. The summed E-state index contributed by atoms with van der Waals surface area (Å²) in [4.78, 5) is 12.7. The zero-order chi connectivity index (χ0) is 19.1. The average Bonchev–Trinajstić information content (AvgIpc) is 3.40. The van der Waals surface area contributed by atoms with E-state index in [0.29, 0.717) is 12.8 Å². The van der Waals surface area contributed by atoms with Crippen LogP contribution >= 0.6 is 0 Å². The predicted octanol–water partition coefficient (Wildman–Crippen LogP) is 3.22. The largest absolute Gasteiger partial charge is 0.348 e. The summed E-state index contributed by atoms with van der Waals surface area (Å²) in [7, 11) is 1.36. The number of nitrogens with zero attached hydrogens (tertiary/aromatic N) is 1. The van der Waals surface area contributed by atoms with Gasteiger partial charge in [-0.15, -0.1) is 0 Å². The number of amides is 1. The molecule has 2 N–H and O–H groups in total. The van der Waals surface area contributed by atoms with E-state index >= 15 is 4.39 Å². The molecule has 1 amide bonds. The summed E-state index contributed by atoms with van der Waals surface area (Å²) in [5.41, 5.74) is 4.25. The van der Waals surface area contributed by atoms with Gasteiger partial charge in [-0.2, -0.15) is 5.01 Å². The minimum Gasteiger partial charge on any atom is -0.348 e. The molecule has 0 saturated heterocycles. The molecule has 1 heterocycles. The molecule has 1 aromatic carbocycles. The standard InChI is InChI=1S/C19H24F3N3O/c1-4-12-6-5-11(2)9-13(12)10-23-18(26)15-16(17(20)21)24-25(3)19(15,22)14-7-8-14/h5-6,9,14,17,24H,4,7-8,10H2,1-3H3,(H,23,26). The fourth-order valence-corrected chi connectivity index (χ4v) is 3.59. The first kappa shape index (κ1) is 18.8. The van der Waals surface area contributed by atoms with Gasteiger partial charge in [0.2, 0.25) is 5.79 Å². The highest BCUT2D eigenvalue weighted by atomic mass is 19.3. The van der Waals surface area contributed by atoms with Gasteiger partial charge in [0.15, 0.2) is 0 Å². The number of aryl methyl sites for hydroxylation is 2. The van der Waals surface area contributed by atoms with Crippen molar-refractivity contribution in [1.29, 1.82) is 0 Å². The van der Waals surface area contributed by atoms with Gasteiger partial charge in [0, 0.05) is 19.5 Å². The van der Waals surface area contributed by atoms with Crippen LogP contribution in [0.3, 0.4) is 0 Å². The third-order valence-electron chi connectivity index (χ3n) is 5.14. The van der Waals surface area contributed by atoms with Gasteiger partial charge in [-0.3, -0.25) is 4.79 Å². The molecule has 1 saturated carbocycles. The Kier molecular flexibility index (Phi) is 5.01. The van der Waals surface area contributed by atoms with Crippen LogP contribution in [0.1, 0.15) is 36.5 Å². The smallest absolute Gasteiger partial charge is 0.279 e. The lowest BCUT2D eigenvalue weighted by molar-refractivity contribution is -0.121. The maximum absolute atomic E-state index is 15.6. The normalized spacial score (nSPS) is 23.5. The van der Waals surface area contributed by atoms with Crippen molar-refractivity contribution in [3.63, 3.8) is 0 Å². The van der Waals surface area contributed by atoms with E-state index in [4.69, 9.17) is 0 Å². The Morgan fingerprint density at radius 1 is 1.38 bits per heavy atom. The van der Waals surface area contributed by atoms with Gasteiger partial charge in [-0.1, -0.05) is 30.7 Å². The maximum atomic E-state index is 15.6. The van der Waals surface area contributed by atoms with Crippen molar-refractivity contribution < 1.29 is 18.0 Å². The summed E-state index contributed by atoms with van der Waals surface area (Å²) in [6.45, 7) is 4.12. The highest BCUT2D eigenvalue weighted by molar-refractivity contribution is 5.96. The topological polar surface area (TPSA) is 44.4 Å². The summed E-state index contributed by atoms with van der Waals surface area (Å²) in [6.07, 6.45) is -1.00. The molecule has 0 bridgehead atoms. The van der Waals surface area contributed by atoms with E-state index in [9.17, 15) is 13.6 Å². The predicted molar refractivity (Wildman–Crippen MR) is 92.9 cm³/mol. The monoisotopic (exact) mass is 367 g/mol. The Labute approximate surface area is 151 Å². The quantitative estimate of drug-likeness (QED) is 0.759. The number of hydrazine groups is 1. The number of hydrogen-bond acceptors (Lipinski definition) is 3. The zero-order valence-corrected chi connectivity index (χ0v) is 15.2. The molecule has 0 radical (unpaired) electrons. The second-order valence-corrected chi connectivity index (χ2v) is 7.02. The van der Waals surface area contributed by atoms with Crippen molar-refractivity contribution in [3.05, 3.63) is 46.2 Å². The number of rotatable bonds is 6. The van der Waals surface area contributed by atoms with Crippen LogP contribution in [0.15, 0.2) is 29.5 Å². The summed E-state index contributed by atoms with van der Waals surface area (Å²) >= 11 is 0. The summed E-state index contributed by atoms with van der Waals surface area (Å²) < 4.78 is 42.3. The van der Waals surface area contributed by atoms with Gasteiger partial charge < -0.3 is 10.7 Å². The summed E-state index contributed by atoms with van der Waals surface area (Å²) in [6, 6.07) is 5.91. The van der Waals surface area contributed by atoms with Crippen molar-refractivity contribution in [2.45, 2.75) is 51.9 Å². The Bertz CT molecular complexity index is 746. The Hall–Kier alpha value is -2.02. The van der Waals surface area contributed by atoms with Gasteiger partial charge in [-0.05, 0) is 37.3 Å². The minimum absolute atomic E-state index is 0.175. The molecule has 1 aliphatic carbocycles. The number of nitrogens with one attached hydrogen (secondary N) is 2. The molecule has 1 atom stereocenters. The number of alkyl halides is 3. The molecule has 26 heavy (non-hydrogen) atoms. The van der Waals surface area contributed by atoms with Crippen molar-refractivity contribution in [2.24, 2.45) is 5.92 Å². The van der Waals surface area contributed by atoms with E-state index in [1.54, 1.807) is 0 Å². The molecule has 1 aromatic rings. The number of hydrogen-bond donors (Lipinski definition) is 2. The van der Waals surface area contributed by atoms with E-state index in [2.05, 4.69) is 10.7 Å². The molecule has 1 aliphatic heterocycles. The third-order valence-corrected chi connectivity index (χ3v) is 5.14. The van der Waals surface area contributed by atoms with Crippen LogP contribution in [-0.4, -0.2) is 30.2 Å². The lowest BCUT2D eigenvalue weighted by atomic mass is 9.97. The van der Waals surface area contributed by atoms with E-state index in [0.717, 1.165) is 28.1 Å². The van der Waals surface area contributed by atoms with Crippen molar-refractivity contribution in [1.82, 2.24) is 15.8 Å². The van der Waals surface area contributed by atoms with Crippen molar-refractivity contribution in [3.8, 4) is 0 Å². The molecule has 3 rings (SSSR count). The first-order valence-electron chi connectivity index (χ1n) is 8.87. The summed E-state index contributed by atoms with van der Waals surface area (Å²) in [5, 5.41) is 3.65. The molecule has 0 spiro atoms. The molecular weight excluding hydrogens is 343 g/mol. The molecule has 1 unspecified atom stereocenters. The van der Waals surface area contributed by atoms with Crippen LogP contribution in [0.25, 0.3) is 0 Å². The van der Waals surface area contributed by atoms with E-state index < -0.39 is 35.3 Å². The highest BCUT2D eigenvalue weighted by Gasteiger charge is 2.59. The van der Waals surface area contributed by atoms with Crippen LogP contribution in [0.2, 0.25) is 0 Å². The van der Waals surface area contributed by atoms with Crippen LogP contribution < -0.4 is 10.7 Å². The first-order valence-corrected chi connectivity index (χ1v) is 8.87. The molecule has 1 fully saturated rings. The molecule has 2 aliphatic rings. The van der Waals surface area contributed by atoms with Gasteiger partial charge in [-0.25, -0.2) is 13.2 Å². The lowest BCUT2D eigenvalue weighted by Crippen LogP contribution is -2.48. The van der Waals surface area contributed by atoms with Gasteiger partial charge in [0.1, 0.15) is 5.70 Å². The second kappa shape index (κ2) is 6.95. The minimum atomic E-state index is -2.94. The fraction of sp³-hybridized carbons (Fsp3) is 0.526. The molecule has 4 nitrogen and oxygen atoms in total. The Morgan fingerprint density at radius 3 is 2.65 bits per heavy atom. The van der Waals surface area contributed by atoms with E-state index in [1.807, 2.05) is 32.0 Å². The maximum Gasteiger partial charge on any atom is 0.279 e. The average molecular weight is 367 g/mol. The van der Waals surface area contributed by atoms with Crippen LogP contribution in [0.5, 0.6) is 0 Å². The Balaban J connectivity index is 1.85. The van der Waals surface area contributed by atoms with Crippen LogP contribution in [0, 0.1) is 12.8 Å². The molecule has 0 aromatic heterocycles. The van der Waals surface area contributed by atoms with Crippen LogP contribution in [-0.2, 0) is 17.8 Å². The number of benzene rings is 1. The lowest BCUT2D eigenvalue weighted by Gasteiger charge is -2.29. The highest BCUT2D eigenvalue weighted by Crippen LogP contribution is 2.50. The van der Waals surface area contributed by atoms with Crippen LogP contribution in [0.4, 0.5) is 13.2 Å². The first-order chi connectivity index (χ1) is 12.3. The number of allylic oxidation sites excluding steroid dienone is 1. The molecular formula is C19H24F3N3O. The zero-order valence-electron chi connectivity index (χ0n) is 15.2. The number of carbonyl (C=O) groups is 1. The molecule has 142 valence electrons.